The predicted molar refractivity (Wildman–Crippen MR) is 75.7 cm³/mol. The second kappa shape index (κ2) is 6.04. The lowest BCUT2D eigenvalue weighted by molar-refractivity contribution is 0.516. The molecule has 5 heteroatoms. The average molecular weight is 290 g/mol. The highest BCUT2D eigenvalue weighted by Gasteiger charge is 2.26. The van der Waals surface area contributed by atoms with Crippen LogP contribution in [0.25, 0.3) is 0 Å². The Morgan fingerprint density at radius 2 is 1.83 bits per heavy atom. The van der Waals surface area contributed by atoms with Gasteiger partial charge in [-0.25, -0.2) is 12.7 Å². The molecule has 0 aromatic heterocycles. The topological polar surface area (TPSA) is 37.4 Å². The zero-order valence-corrected chi connectivity index (χ0v) is 12.8. The standard InChI is InChI=1S/C13H20ClNO2S/c1-5-11(10(2)14)12-8-6-7-9-13(12)18(16,17)15(3)4/h6-11H,5H2,1-4H3. The molecule has 0 saturated heterocycles. The van der Waals surface area contributed by atoms with Gasteiger partial charge in [-0.2, -0.15) is 0 Å². The van der Waals surface area contributed by atoms with Gasteiger partial charge in [0, 0.05) is 25.4 Å². The Morgan fingerprint density at radius 3 is 2.28 bits per heavy atom. The van der Waals surface area contributed by atoms with Crippen molar-refractivity contribution in [3.05, 3.63) is 29.8 Å². The second-order valence-electron chi connectivity index (χ2n) is 4.52. The first-order valence-electron chi connectivity index (χ1n) is 5.97. The van der Waals surface area contributed by atoms with E-state index in [0.29, 0.717) is 4.90 Å². The Kier molecular flexibility index (Phi) is 5.20. The predicted octanol–water partition coefficient (Wildman–Crippen LogP) is 3.06. The van der Waals surface area contributed by atoms with Gasteiger partial charge in [0.25, 0.3) is 0 Å². The van der Waals surface area contributed by atoms with Crippen LogP contribution in [-0.4, -0.2) is 32.2 Å². The summed E-state index contributed by atoms with van der Waals surface area (Å²) in [5, 5.41) is -0.103. The summed E-state index contributed by atoms with van der Waals surface area (Å²) in [6, 6.07) is 7.09. The molecule has 2 unspecified atom stereocenters. The fraction of sp³-hybridized carbons (Fsp3) is 0.538. The molecule has 0 N–H and O–H groups in total. The van der Waals surface area contributed by atoms with Crippen LogP contribution in [0.3, 0.4) is 0 Å². The van der Waals surface area contributed by atoms with Gasteiger partial charge in [0.2, 0.25) is 10.0 Å². The Labute approximate surface area is 115 Å². The first-order chi connectivity index (χ1) is 8.32. The summed E-state index contributed by atoms with van der Waals surface area (Å²) in [6.07, 6.45) is 0.810. The molecular formula is C13H20ClNO2S. The van der Waals surface area contributed by atoms with Crippen LogP contribution in [0, 0.1) is 0 Å². The first kappa shape index (κ1) is 15.5. The number of sulfonamides is 1. The zero-order chi connectivity index (χ0) is 13.9. The fourth-order valence-electron chi connectivity index (χ4n) is 2.01. The van der Waals surface area contributed by atoms with E-state index in [0.717, 1.165) is 12.0 Å². The lowest BCUT2D eigenvalue weighted by Gasteiger charge is -2.22. The van der Waals surface area contributed by atoms with E-state index in [1.807, 2.05) is 26.0 Å². The van der Waals surface area contributed by atoms with Crippen LogP contribution in [0.5, 0.6) is 0 Å². The van der Waals surface area contributed by atoms with Crippen molar-refractivity contribution >= 4 is 21.6 Å². The van der Waals surface area contributed by atoms with Gasteiger partial charge < -0.3 is 0 Å². The summed E-state index contributed by atoms with van der Waals surface area (Å²) in [4.78, 5) is 0.356. The van der Waals surface area contributed by atoms with E-state index in [4.69, 9.17) is 11.6 Å². The van der Waals surface area contributed by atoms with Crippen LogP contribution in [0.15, 0.2) is 29.2 Å². The number of benzene rings is 1. The van der Waals surface area contributed by atoms with Gasteiger partial charge in [-0.1, -0.05) is 25.1 Å². The Bertz CT molecular complexity index is 497. The molecule has 3 nitrogen and oxygen atoms in total. The van der Waals surface area contributed by atoms with Crippen LogP contribution in [0.4, 0.5) is 0 Å². The zero-order valence-electron chi connectivity index (χ0n) is 11.2. The Morgan fingerprint density at radius 1 is 1.28 bits per heavy atom. The van der Waals surface area contributed by atoms with Crippen molar-refractivity contribution in [2.75, 3.05) is 14.1 Å². The number of rotatable bonds is 5. The van der Waals surface area contributed by atoms with Gasteiger partial charge in [0.15, 0.2) is 0 Å². The lowest BCUT2D eigenvalue weighted by Crippen LogP contribution is -2.24. The van der Waals surface area contributed by atoms with E-state index < -0.39 is 10.0 Å². The Hall–Kier alpha value is -0.580. The van der Waals surface area contributed by atoms with E-state index in [1.165, 1.54) is 18.4 Å². The van der Waals surface area contributed by atoms with Crippen molar-refractivity contribution in [1.82, 2.24) is 4.31 Å². The average Bonchev–Trinajstić information content (AvgIpc) is 2.29. The minimum Gasteiger partial charge on any atom is -0.207 e. The molecule has 0 amide bonds. The maximum Gasteiger partial charge on any atom is 0.242 e. The summed E-state index contributed by atoms with van der Waals surface area (Å²) in [7, 11) is -0.344. The van der Waals surface area contributed by atoms with Crippen molar-refractivity contribution in [2.45, 2.75) is 36.5 Å². The van der Waals surface area contributed by atoms with Crippen molar-refractivity contribution in [3.8, 4) is 0 Å². The molecule has 0 aliphatic heterocycles. The molecule has 2 atom stereocenters. The summed E-state index contributed by atoms with van der Waals surface area (Å²) >= 11 is 6.17. The van der Waals surface area contributed by atoms with Gasteiger partial charge >= 0.3 is 0 Å². The molecule has 0 spiro atoms. The maximum atomic E-state index is 12.3. The van der Waals surface area contributed by atoms with Gasteiger partial charge in [-0.3, -0.25) is 0 Å². The summed E-state index contributed by atoms with van der Waals surface area (Å²) in [6.45, 7) is 3.91. The van der Waals surface area contributed by atoms with Crippen LogP contribution in [-0.2, 0) is 10.0 Å². The molecule has 18 heavy (non-hydrogen) atoms. The van der Waals surface area contributed by atoms with Crippen LogP contribution in [0.2, 0.25) is 0 Å². The highest BCUT2D eigenvalue weighted by atomic mass is 35.5. The largest absolute Gasteiger partial charge is 0.242 e. The van der Waals surface area contributed by atoms with Crippen molar-refractivity contribution in [1.29, 1.82) is 0 Å². The molecule has 0 bridgehead atoms. The van der Waals surface area contributed by atoms with Gasteiger partial charge in [-0.05, 0) is 25.0 Å². The van der Waals surface area contributed by atoms with Crippen molar-refractivity contribution < 1.29 is 8.42 Å². The number of hydrogen-bond donors (Lipinski definition) is 0. The monoisotopic (exact) mass is 289 g/mol. The van der Waals surface area contributed by atoms with Crippen LogP contribution < -0.4 is 0 Å². The number of alkyl halides is 1. The minimum absolute atomic E-state index is 0.0394. The van der Waals surface area contributed by atoms with Gasteiger partial charge in [-0.15, -0.1) is 11.6 Å². The van der Waals surface area contributed by atoms with Crippen molar-refractivity contribution in [2.24, 2.45) is 0 Å². The van der Waals surface area contributed by atoms with E-state index >= 15 is 0 Å². The molecule has 0 saturated carbocycles. The highest BCUT2D eigenvalue weighted by molar-refractivity contribution is 7.89. The molecule has 0 aliphatic carbocycles. The molecule has 0 radical (unpaired) electrons. The molecule has 1 aromatic rings. The van der Waals surface area contributed by atoms with Crippen LogP contribution >= 0.6 is 11.6 Å². The highest BCUT2D eigenvalue weighted by Crippen LogP contribution is 2.32. The molecule has 1 rings (SSSR count). The first-order valence-corrected chi connectivity index (χ1v) is 7.85. The smallest absolute Gasteiger partial charge is 0.207 e. The molecule has 0 heterocycles. The van der Waals surface area contributed by atoms with E-state index in [9.17, 15) is 8.42 Å². The molecule has 0 aliphatic rings. The van der Waals surface area contributed by atoms with Crippen LogP contribution in [0.1, 0.15) is 31.7 Å². The lowest BCUT2D eigenvalue weighted by atomic mass is 9.94. The van der Waals surface area contributed by atoms with E-state index in [-0.39, 0.29) is 11.3 Å². The Balaban J connectivity index is 3.40. The minimum atomic E-state index is -3.42. The quantitative estimate of drug-likeness (QED) is 0.781. The number of nitrogens with zero attached hydrogens (tertiary/aromatic N) is 1. The molecule has 1 aromatic carbocycles. The summed E-state index contributed by atoms with van der Waals surface area (Å²) < 4.78 is 25.8. The summed E-state index contributed by atoms with van der Waals surface area (Å²) in [5.74, 6) is 0.0394. The number of hydrogen-bond acceptors (Lipinski definition) is 2. The third-order valence-corrected chi connectivity index (χ3v) is 5.26. The normalized spacial score (nSPS) is 15.7. The maximum absolute atomic E-state index is 12.3. The third-order valence-electron chi connectivity index (χ3n) is 3.07. The van der Waals surface area contributed by atoms with Gasteiger partial charge in [0.1, 0.15) is 0 Å². The molecule has 0 fully saturated rings. The van der Waals surface area contributed by atoms with E-state index in [1.54, 1.807) is 12.1 Å². The SMILES string of the molecule is CCC(c1ccccc1S(=O)(=O)N(C)C)C(C)Cl. The second-order valence-corrected chi connectivity index (χ2v) is 7.33. The molecular weight excluding hydrogens is 270 g/mol. The number of halogens is 1. The van der Waals surface area contributed by atoms with Crippen molar-refractivity contribution in [3.63, 3.8) is 0 Å². The fourth-order valence-corrected chi connectivity index (χ4v) is 3.49. The molecule has 102 valence electrons. The van der Waals surface area contributed by atoms with Gasteiger partial charge in [0.05, 0.1) is 4.90 Å². The van der Waals surface area contributed by atoms with E-state index in [2.05, 4.69) is 0 Å². The summed E-state index contributed by atoms with van der Waals surface area (Å²) in [5.41, 5.74) is 0.802. The third kappa shape index (κ3) is 3.05.